The van der Waals surface area contributed by atoms with Crippen LogP contribution < -0.4 is 0 Å². The Kier molecular flexibility index (Phi) is 10.9. The summed E-state index contributed by atoms with van der Waals surface area (Å²) in [7, 11) is 5.05. The lowest BCUT2D eigenvalue weighted by Crippen LogP contribution is -2.30. The van der Waals surface area contributed by atoms with Crippen LogP contribution in [0.25, 0.3) is 0 Å². The summed E-state index contributed by atoms with van der Waals surface area (Å²) in [5, 5.41) is 0. The van der Waals surface area contributed by atoms with Crippen molar-refractivity contribution < 1.29 is 18.9 Å². The molecule has 0 saturated carbocycles. The number of ether oxygens (including phenoxy) is 4. The molecular weight excluding hydrogens is 364 g/mol. The van der Waals surface area contributed by atoms with Crippen LogP contribution in [-0.4, -0.2) is 34.5 Å². The molecule has 2 rings (SSSR count). The van der Waals surface area contributed by atoms with Crippen molar-refractivity contribution in [1.29, 1.82) is 0 Å². The van der Waals surface area contributed by atoms with Crippen molar-refractivity contribution in [3.05, 3.63) is 84.6 Å². The van der Waals surface area contributed by atoms with E-state index < -0.39 is 0 Å². The number of allylic oxidation sites excluding steroid dienone is 3. The Bertz CT molecular complexity index is 676. The predicted molar refractivity (Wildman–Crippen MR) is 120 cm³/mol. The van der Waals surface area contributed by atoms with E-state index >= 15 is 0 Å². The lowest BCUT2D eigenvalue weighted by atomic mass is 9.71. The Morgan fingerprint density at radius 2 is 1.48 bits per heavy atom. The van der Waals surface area contributed by atoms with Gasteiger partial charge in [-0.05, 0) is 38.3 Å². The van der Waals surface area contributed by atoms with Crippen molar-refractivity contribution in [2.45, 2.75) is 32.6 Å². The first-order chi connectivity index (χ1) is 14.1. The molecule has 0 spiro atoms. The highest BCUT2D eigenvalue weighted by Gasteiger charge is 2.43. The molecule has 0 fully saturated rings. The molecule has 0 aliphatic heterocycles. The number of benzene rings is 1. The minimum atomic E-state index is -0.389. The third kappa shape index (κ3) is 6.01. The van der Waals surface area contributed by atoms with Crippen LogP contribution in [0.2, 0.25) is 0 Å². The highest BCUT2D eigenvalue weighted by molar-refractivity contribution is 5.43. The Balaban J connectivity index is 0.000000749. The van der Waals surface area contributed by atoms with Gasteiger partial charge in [-0.2, -0.15) is 0 Å². The van der Waals surface area contributed by atoms with Crippen molar-refractivity contribution in [2.24, 2.45) is 5.41 Å². The van der Waals surface area contributed by atoms with Crippen molar-refractivity contribution >= 4 is 0 Å². The summed E-state index contributed by atoms with van der Waals surface area (Å²) in [5.41, 5.74) is 0.711. The third-order valence-corrected chi connectivity index (χ3v) is 4.86. The van der Waals surface area contributed by atoms with Gasteiger partial charge in [0.1, 0.15) is 23.2 Å². The maximum atomic E-state index is 5.82. The predicted octanol–water partition coefficient (Wildman–Crippen LogP) is 6.00. The molecular formula is C25H36O4. The van der Waals surface area contributed by atoms with E-state index in [1.165, 1.54) is 0 Å². The van der Waals surface area contributed by atoms with Crippen molar-refractivity contribution in [1.82, 2.24) is 0 Å². The second-order valence-electron chi connectivity index (χ2n) is 6.62. The largest absolute Gasteiger partial charge is 0.500 e. The maximum absolute atomic E-state index is 5.82. The molecule has 0 heterocycles. The average Bonchev–Trinajstić information content (AvgIpc) is 2.74. The normalized spacial score (nSPS) is 17.4. The van der Waals surface area contributed by atoms with Crippen molar-refractivity contribution in [3.63, 3.8) is 0 Å². The van der Waals surface area contributed by atoms with Gasteiger partial charge in [0.2, 0.25) is 0 Å². The minimum Gasteiger partial charge on any atom is -0.500 e. The quantitative estimate of drug-likeness (QED) is 0.451. The molecule has 1 aromatic rings. The summed E-state index contributed by atoms with van der Waals surface area (Å²) in [4.78, 5) is 0. The SMILES string of the molecule is C=CCC1(CC=C)C=C(OC)C(c2ccccc2)C(OC)=C1OC.CCOCC. The van der Waals surface area contributed by atoms with E-state index in [2.05, 4.69) is 31.4 Å². The molecule has 4 nitrogen and oxygen atoms in total. The van der Waals surface area contributed by atoms with Crippen LogP contribution >= 0.6 is 0 Å². The highest BCUT2D eigenvalue weighted by atomic mass is 16.5. The molecule has 0 amide bonds. The molecule has 4 heteroatoms. The molecule has 0 saturated heterocycles. The van der Waals surface area contributed by atoms with E-state index in [0.717, 1.165) is 36.1 Å². The molecule has 160 valence electrons. The molecule has 1 atom stereocenters. The highest BCUT2D eigenvalue weighted by Crippen LogP contribution is 2.50. The van der Waals surface area contributed by atoms with Gasteiger partial charge in [-0.15, -0.1) is 13.2 Å². The van der Waals surface area contributed by atoms with E-state index in [1.807, 2.05) is 44.2 Å². The van der Waals surface area contributed by atoms with Crippen LogP contribution in [-0.2, 0) is 18.9 Å². The fourth-order valence-corrected chi connectivity index (χ4v) is 3.68. The Labute approximate surface area is 176 Å². The summed E-state index contributed by atoms with van der Waals surface area (Å²) >= 11 is 0. The van der Waals surface area contributed by atoms with Gasteiger partial charge in [0.05, 0.1) is 26.7 Å². The van der Waals surface area contributed by atoms with E-state index in [4.69, 9.17) is 18.9 Å². The lowest BCUT2D eigenvalue weighted by Gasteiger charge is -2.39. The van der Waals surface area contributed by atoms with Crippen LogP contribution in [0.15, 0.2) is 79.0 Å². The fourth-order valence-electron chi connectivity index (χ4n) is 3.68. The van der Waals surface area contributed by atoms with Gasteiger partial charge in [-0.3, -0.25) is 0 Å². The number of hydrogen-bond acceptors (Lipinski definition) is 4. The Hall–Kier alpha value is -2.46. The molecule has 0 bridgehead atoms. The van der Waals surface area contributed by atoms with Gasteiger partial charge in [-0.25, -0.2) is 0 Å². The molecule has 1 aliphatic carbocycles. The first-order valence-electron chi connectivity index (χ1n) is 10.0. The Morgan fingerprint density at radius 3 is 1.86 bits per heavy atom. The van der Waals surface area contributed by atoms with Gasteiger partial charge in [0, 0.05) is 13.2 Å². The average molecular weight is 401 g/mol. The molecule has 29 heavy (non-hydrogen) atoms. The summed E-state index contributed by atoms with van der Waals surface area (Å²) in [6, 6.07) is 10.2. The van der Waals surface area contributed by atoms with Crippen LogP contribution in [0.1, 0.15) is 38.2 Å². The monoisotopic (exact) mass is 400 g/mol. The van der Waals surface area contributed by atoms with Crippen LogP contribution in [0.3, 0.4) is 0 Å². The first-order valence-corrected chi connectivity index (χ1v) is 10.0. The summed E-state index contributed by atoms with van der Waals surface area (Å²) in [5.74, 6) is 2.30. The van der Waals surface area contributed by atoms with Crippen LogP contribution in [0, 0.1) is 5.41 Å². The zero-order chi connectivity index (χ0) is 21.7. The molecule has 0 N–H and O–H groups in total. The summed E-state index contributed by atoms with van der Waals surface area (Å²) < 4.78 is 22.2. The first kappa shape index (κ1) is 24.6. The topological polar surface area (TPSA) is 36.9 Å². The zero-order valence-corrected chi connectivity index (χ0v) is 18.6. The zero-order valence-electron chi connectivity index (χ0n) is 18.6. The van der Waals surface area contributed by atoms with Gasteiger partial charge < -0.3 is 18.9 Å². The fraction of sp³-hybridized carbons (Fsp3) is 0.440. The Morgan fingerprint density at radius 1 is 0.897 bits per heavy atom. The molecule has 1 aliphatic rings. The van der Waals surface area contributed by atoms with Crippen LogP contribution in [0.4, 0.5) is 0 Å². The van der Waals surface area contributed by atoms with E-state index in [-0.39, 0.29) is 11.3 Å². The number of hydrogen-bond donors (Lipinski definition) is 0. The molecule has 1 unspecified atom stereocenters. The number of methoxy groups -OCH3 is 3. The lowest BCUT2D eigenvalue weighted by molar-refractivity contribution is 0.126. The maximum Gasteiger partial charge on any atom is 0.149 e. The minimum absolute atomic E-state index is 0.126. The van der Waals surface area contributed by atoms with Gasteiger partial charge in [0.25, 0.3) is 0 Å². The van der Waals surface area contributed by atoms with Crippen molar-refractivity contribution in [2.75, 3.05) is 34.5 Å². The van der Waals surface area contributed by atoms with Crippen LogP contribution in [0.5, 0.6) is 0 Å². The molecule has 0 aromatic heterocycles. The smallest absolute Gasteiger partial charge is 0.149 e. The second-order valence-corrected chi connectivity index (χ2v) is 6.62. The third-order valence-electron chi connectivity index (χ3n) is 4.86. The van der Waals surface area contributed by atoms with Crippen molar-refractivity contribution in [3.8, 4) is 0 Å². The van der Waals surface area contributed by atoms with Gasteiger partial charge in [0.15, 0.2) is 0 Å². The van der Waals surface area contributed by atoms with E-state index in [1.54, 1.807) is 21.3 Å². The van der Waals surface area contributed by atoms with E-state index in [0.29, 0.717) is 12.8 Å². The molecule has 0 radical (unpaired) electrons. The second kappa shape index (κ2) is 12.9. The standard InChI is InChI=1S/C21H26O3.C4H10O/c1-6-13-21(14-7-2)15-17(22-3)18(16-11-9-8-10-12-16)19(23-4)20(21)24-5;1-3-5-4-2/h6-12,15,18H,1-2,13-14H2,3-5H3;3-4H2,1-2H3. The summed E-state index contributed by atoms with van der Waals surface area (Å²) in [6.07, 6.45) is 7.34. The molecule has 1 aromatic carbocycles. The number of rotatable bonds is 10. The van der Waals surface area contributed by atoms with Gasteiger partial charge in [-0.1, -0.05) is 42.5 Å². The van der Waals surface area contributed by atoms with E-state index in [9.17, 15) is 0 Å². The summed E-state index contributed by atoms with van der Waals surface area (Å²) in [6.45, 7) is 13.5. The van der Waals surface area contributed by atoms with Gasteiger partial charge >= 0.3 is 0 Å².